The molecule has 0 saturated carbocycles. The highest BCUT2D eigenvalue weighted by molar-refractivity contribution is 6.01. The van der Waals surface area contributed by atoms with Crippen molar-refractivity contribution in [3.63, 3.8) is 0 Å². The van der Waals surface area contributed by atoms with E-state index in [9.17, 15) is 14.7 Å². The van der Waals surface area contributed by atoms with E-state index in [1.165, 1.54) is 13.2 Å². The number of phenolic OH excluding ortho intramolecular Hbond substituents is 1. The number of allylic oxidation sites excluding steroid dienone is 1. The minimum absolute atomic E-state index is 0.0221. The Morgan fingerprint density at radius 1 is 1.32 bits per heavy atom. The van der Waals surface area contributed by atoms with Crippen LogP contribution < -0.4 is 10.1 Å². The number of Topliss-reactive ketones (excluding diaryl/α,β-unsaturated/α-hetero) is 1. The fourth-order valence-electron chi connectivity index (χ4n) is 3.72. The second-order valence-electron chi connectivity index (χ2n) is 7.36. The highest BCUT2D eigenvalue weighted by Crippen LogP contribution is 2.44. The lowest BCUT2D eigenvalue weighted by Crippen LogP contribution is -2.50. The van der Waals surface area contributed by atoms with Crippen LogP contribution in [0.15, 0.2) is 29.5 Å². The fourth-order valence-corrected chi connectivity index (χ4v) is 3.72. The SMILES string of the molecule is CCN1C(=O)NC(c2ccc(O)c(OC)c2)C2=C1CC(C)(C)CC2=O. The minimum Gasteiger partial charge on any atom is -0.504 e. The molecule has 3 rings (SSSR count). The first-order valence-electron chi connectivity index (χ1n) is 8.48. The molecule has 0 spiro atoms. The number of phenols is 1. The van der Waals surface area contributed by atoms with Crippen LogP contribution in [0.3, 0.4) is 0 Å². The predicted molar refractivity (Wildman–Crippen MR) is 93.4 cm³/mol. The van der Waals surface area contributed by atoms with Crippen LogP contribution in [0.25, 0.3) is 0 Å². The van der Waals surface area contributed by atoms with Gasteiger partial charge in [-0.3, -0.25) is 9.69 Å². The molecule has 0 radical (unpaired) electrons. The molecular weight excluding hydrogens is 320 g/mol. The summed E-state index contributed by atoms with van der Waals surface area (Å²) < 4.78 is 5.17. The summed E-state index contributed by atoms with van der Waals surface area (Å²) in [6, 6.07) is 4.16. The summed E-state index contributed by atoms with van der Waals surface area (Å²) in [5, 5.41) is 12.8. The zero-order chi connectivity index (χ0) is 18.4. The first-order valence-corrected chi connectivity index (χ1v) is 8.48. The third kappa shape index (κ3) is 2.97. The number of rotatable bonds is 3. The van der Waals surface area contributed by atoms with Crippen LogP contribution in [0, 0.1) is 5.41 Å². The summed E-state index contributed by atoms with van der Waals surface area (Å²) in [4.78, 5) is 27.1. The number of hydrogen-bond donors (Lipinski definition) is 2. The Balaban J connectivity index is 2.14. The van der Waals surface area contributed by atoms with E-state index in [-0.39, 0.29) is 23.0 Å². The average Bonchev–Trinajstić information content (AvgIpc) is 2.53. The maximum Gasteiger partial charge on any atom is 0.322 e. The predicted octanol–water partition coefficient (Wildman–Crippen LogP) is 3.13. The number of benzene rings is 1. The van der Waals surface area contributed by atoms with Gasteiger partial charge in [0.2, 0.25) is 0 Å². The molecule has 6 heteroatoms. The molecule has 0 aromatic heterocycles. The van der Waals surface area contributed by atoms with E-state index in [1.54, 1.807) is 17.0 Å². The second-order valence-corrected chi connectivity index (χ2v) is 7.36. The molecular formula is C19H24N2O4. The molecule has 1 heterocycles. The highest BCUT2D eigenvalue weighted by atomic mass is 16.5. The summed E-state index contributed by atoms with van der Waals surface area (Å²) in [6.07, 6.45) is 1.13. The summed E-state index contributed by atoms with van der Waals surface area (Å²) in [6.45, 7) is 6.51. The van der Waals surface area contributed by atoms with Gasteiger partial charge < -0.3 is 15.2 Å². The Morgan fingerprint density at radius 2 is 2.04 bits per heavy atom. The molecule has 1 aromatic carbocycles. The molecule has 134 valence electrons. The van der Waals surface area contributed by atoms with Gasteiger partial charge in [-0.05, 0) is 36.5 Å². The number of aromatic hydroxyl groups is 1. The van der Waals surface area contributed by atoms with Crippen LogP contribution in [-0.4, -0.2) is 35.5 Å². The largest absolute Gasteiger partial charge is 0.504 e. The lowest BCUT2D eigenvalue weighted by atomic mass is 9.72. The van der Waals surface area contributed by atoms with Gasteiger partial charge in [0.15, 0.2) is 17.3 Å². The van der Waals surface area contributed by atoms with Gasteiger partial charge in [-0.15, -0.1) is 0 Å². The fraction of sp³-hybridized carbons (Fsp3) is 0.474. The molecule has 1 atom stereocenters. The number of amides is 2. The molecule has 2 aliphatic rings. The third-order valence-electron chi connectivity index (χ3n) is 4.88. The van der Waals surface area contributed by atoms with E-state index in [1.807, 2.05) is 20.8 Å². The number of urea groups is 1. The van der Waals surface area contributed by atoms with Crippen molar-refractivity contribution in [3.05, 3.63) is 35.0 Å². The van der Waals surface area contributed by atoms with E-state index in [0.29, 0.717) is 30.7 Å². The number of ether oxygens (including phenoxy) is 1. The topological polar surface area (TPSA) is 78.9 Å². The van der Waals surface area contributed by atoms with Crippen molar-refractivity contribution in [1.82, 2.24) is 10.2 Å². The van der Waals surface area contributed by atoms with Gasteiger partial charge in [-0.2, -0.15) is 0 Å². The Bertz CT molecular complexity index is 767. The van der Waals surface area contributed by atoms with E-state index in [0.717, 1.165) is 11.3 Å². The standard InChI is InChI=1S/C19H24N2O4/c1-5-21-12-9-19(2,3)10-14(23)16(12)17(20-18(21)24)11-6-7-13(22)15(8-11)25-4/h6-8,17,22H,5,9-10H2,1-4H3,(H,20,24). The molecule has 1 aromatic rings. The van der Waals surface area contributed by atoms with Gasteiger partial charge in [0.1, 0.15) is 0 Å². The van der Waals surface area contributed by atoms with Crippen LogP contribution in [0.1, 0.15) is 45.2 Å². The number of methoxy groups -OCH3 is 1. The van der Waals surface area contributed by atoms with E-state index < -0.39 is 6.04 Å². The molecule has 25 heavy (non-hydrogen) atoms. The number of carbonyl (C=O) groups excluding carboxylic acids is 2. The summed E-state index contributed by atoms with van der Waals surface area (Å²) in [5.74, 6) is 0.394. The normalized spacial score (nSPS) is 22.6. The summed E-state index contributed by atoms with van der Waals surface area (Å²) in [7, 11) is 1.47. The zero-order valence-corrected chi connectivity index (χ0v) is 15.0. The molecule has 1 unspecified atom stereocenters. The maximum atomic E-state index is 12.9. The van der Waals surface area contributed by atoms with Crippen LogP contribution in [0.5, 0.6) is 11.5 Å². The van der Waals surface area contributed by atoms with Crippen molar-refractivity contribution in [2.24, 2.45) is 5.41 Å². The van der Waals surface area contributed by atoms with Crippen molar-refractivity contribution >= 4 is 11.8 Å². The Hall–Kier alpha value is -2.50. The molecule has 6 nitrogen and oxygen atoms in total. The van der Waals surface area contributed by atoms with E-state index in [4.69, 9.17) is 4.74 Å². The number of nitrogens with zero attached hydrogens (tertiary/aromatic N) is 1. The van der Waals surface area contributed by atoms with E-state index >= 15 is 0 Å². The van der Waals surface area contributed by atoms with Gasteiger partial charge in [0, 0.05) is 24.2 Å². The van der Waals surface area contributed by atoms with Gasteiger partial charge >= 0.3 is 6.03 Å². The molecule has 0 saturated heterocycles. The molecule has 2 N–H and O–H groups in total. The summed E-state index contributed by atoms with van der Waals surface area (Å²) >= 11 is 0. The van der Waals surface area contributed by atoms with Crippen LogP contribution in [-0.2, 0) is 4.79 Å². The van der Waals surface area contributed by atoms with Gasteiger partial charge in [-0.1, -0.05) is 19.9 Å². The highest BCUT2D eigenvalue weighted by Gasteiger charge is 2.43. The number of ketones is 1. The van der Waals surface area contributed by atoms with Crippen molar-refractivity contribution in [3.8, 4) is 11.5 Å². The van der Waals surface area contributed by atoms with Crippen LogP contribution in [0.4, 0.5) is 4.79 Å². The summed E-state index contributed by atoms with van der Waals surface area (Å²) in [5.41, 5.74) is 2.01. The number of hydrogen-bond acceptors (Lipinski definition) is 4. The van der Waals surface area contributed by atoms with Gasteiger partial charge in [-0.25, -0.2) is 4.79 Å². The number of nitrogens with one attached hydrogen (secondary N) is 1. The van der Waals surface area contributed by atoms with Crippen LogP contribution >= 0.6 is 0 Å². The smallest absolute Gasteiger partial charge is 0.322 e. The second kappa shape index (κ2) is 6.10. The Kier molecular flexibility index (Phi) is 4.22. The maximum absolute atomic E-state index is 12.9. The van der Waals surface area contributed by atoms with Crippen LogP contribution in [0.2, 0.25) is 0 Å². The minimum atomic E-state index is -0.525. The molecule has 0 bridgehead atoms. The molecule has 2 amide bonds. The van der Waals surface area contributed by atoms with Crippen molar-refractivity contribution in [2.75, 3.05) is 13.7 Å². The molecule has 0 fully saturated rings. The van der Waals surface area contributed by atoms with Crippen molar-refractivity contribution in [1.29, 1.82) is 0 Å². The molecule has 1 aliphatic carbocycles. The average molecular weight is 344 g/mol. The van der Waals surface area contributed by atoms with E-state index in [2.05, 4.69) is 5.32 Å². The monoisotopic (exact) mass is 344 g/mol. The van der Waals surface area contributed by atoms with Crippen molar-refractivity contribution < 1.29 is 19.4 Å². The first kappa shape index (κ1) is 17.3. The van der Waals surface area contributed by atoms with Crippen molar-refractivity contribution in [2.45, 2.75) is 39.7 Å². The third-order valence-corrected chi connectivity index (χ3v) is 4.88. The van der Waals surface area contributed by atoms with Gasteiger partial charge in [0.05, 0.1) is 13.2 Å². The lowest BCUT2D eigenvalue weighted by Gasteiger charge is -2.43. The quantitative estimate of drug-likeness (QED) is 0.883. The first-order chi connectivity index (χ1) is 11.8. The zero-order valence-electron chi connectivity index (χ0n) is 15.0. The van der Waals surface area contributed by atoms with Gasteiger partial charge in [0.25, 0.3) is 0 Å². The number of carbonyl (C=O) groups is 2. The Morgan fingerprint density at radius 3 is 2.68 bits per heavy atom. The Labute approximate surface area is 147 Å². The molecule has 1 aliphatic heterocycles. The lowest BCUT2D eigenvalue weighted by molar-refractivity contribution is -0.118.